The van der Waals surface area contributed by atoms with Crippen molar-refractivity contribution in [2.45, 2.75) is 0 Å². The minimum absolute atomic E-state index is 0.577. The second-order valence-electron chi connectivity index (χ2n) is 3.40. The first-order valence-corrected chi connectivity index (χ1v) is 12.5. The molecule has 0 saturated carbocycles. The molecule has 0 N–H and O–H groups in total. The quantitative estimate of drug-likeness (QED) is 0.477. The van der Waals surface area contributed by atoms with Gasteiger partial charge in [-0.25, -0.2) is 0 Å². The van der Waals surface area contributed by atoms with Crippen molar-refractivity contribution in [3.05, 3.63) is 0 Å². The van der Waals surface area contributed by atoms with Crippen molar-refractivity contribution >= 4 is 31.8 Å². The molecule has 2 atom stereocenters. The molecule has 2 unspecified atom stereocenters. The topological polar surface area (TPSA) is 9.23 Å². The van der Waals surface area contributed by atoms with E-state index in [1.807, 2.05) is 0 Å². The van der Waals surface area contributed by atoms with Crippen LogP contribution in [-0.2, 0) is 4.74 Å². The Balaban J connectivity index is 1.28. The summed E-state index contributed by atoms with van der Waals surface area (Å²) >= 11 is 0. The minimum Gasteiger partial charge on any atom is -0.381 e. The van der Waals surface area contributed by atoms with Crippen LogP contribution >= 0.6 is 31.8 Å². The molecule has 13 heavy (non-hydrogen) atoms. The first-order valence-electron chi connectivity index (χ1n) is 5.00. The molecule has 0 aromatic heterocycles. The lowest BCUT2D eigenvalue weighted by atomic mass is 10.8. The van der Waals surface area contributed by atoms with E-state index in [0.717, 1.165) is 13.2 Å². The van der Waals surface area contributed by atoms with E-state index in [9.17, 15) is 0 Å². The highest BCUT2D eigenvalue weighted by Gasteiger charge is 2.20. The average Bonchev–Trinajstić information content (AvgIpc) is 2.99. The van der Waals surface area contributed by atoms with Gasteiger partial charge in [-0.2, -0.15) is 0 Å². The van der Waals surface area contributed by atoms with Crippen molar-refractivity contribution in [2.75, 3.05) is 50.2 Å². The molecular formula is C8H18OP4. The van der Waals surface area contributed by atoms with Gasteiger partial charge >= 0.3 is 0 Å². The largest absolute Gasteiger partial charge is 0.381 e. The van der Waals surface area contributed by atoms with Gasteiger partial charge in [-0.15, -0.1) is 0 Å². The molecule has 0 bridgehead atoms. The molecule has 2 aliphatic rings. The second-order valence-corrected chi connectivity index (χ2v) is 14.7. The number of rotatable bonds is 8. The van der Waals surface area contributed by atoms with E-state index in [-0.39, 0.29) is 0 Å². The van der Waals surface area contributed by atoms with Gasteiger partial charge < -0.3 is 4.74 Å². The summed E-state index contributed by atoms with van der Waals surface area (Å²) in [5.74, 6) is 0. The smallest absolute Gasteiger partial charge is 0.0506 e. The zero-order chi connectivity index (χ0) is 8.93. The lowest BCUT2D eigenvalue weighted by Gasteiger charge is -2.03. The Hall–Kier alpha value is 1.68. The second kappa shape index (κ2) is 6.30. The summed E-state index contributed by atoms with van der Waals surface area (Å²) in [4.78, 5) is 0. The molecule has 2 rings (SSSR count). The molecule has 76 valence electrons. The van der Waals surface area contributed by atoms with Gasteiger partial charge in [-0.1, -0.05) is 31.8 Å². The van der Waals surface area contributed by atoms with Gasteiger partial charge in [0.05, 0.1) is 13.2 Å². The predicted octanol–water partition coefficient (Wildman–Crippen LogP) is 3.18. The van der Waals surface area contributed by atoms with E-state index in [4.69, 9.17) is 4.74 Å². The molecule has 1 nitrogen and oxygen atoms in total. The molecule has 2 fully saturated rings. The van der Waals surface area contributed by atoms with Crippen LogP contribution in [0.1, 0.15) is 0 Å². The van der Waals surface area contributed by atoms with Crippen LogP contribution < -0.4 is 0 Å². The molecule has 0 radical (unpaired) electrons. The van der Waals surface area contributed by atoms with Crippen molar-refractivity contribution in [3.8, 4) is 0 Å². The highest BCUT2D eigenvalue weighted by molar-refractivity contribution is 8.25. The standard InChI is InChI=1S/C8H18OP4/c1(3-10-12-5-6-12)9-2-4-11-13-7-8-13/h10-11H,1-8H2. The van der Waals surface area contributed by atoms with Gasteiger partial charge in [0.2, 0.25) is 0 Å². The normalized spacial score (nSPS) is 24.0. The monoisotopic (exact) mass is 254 g/mol. The fraction of sp³-hybridized carbons (Fsp3) is 1.00. The first kappa shape index (κ1) is 11.2. The molecule has 0 aromatic carbocycles. The van der Waals surface area contributed by atoms with Crippen LogP contribution in [0.4, 0.5) is 0 Å². The van der Waals surface area contributed by atoms with Gasteiger partial charge in [-0.3, -0.25) is 0 Å². The maximum Gasteiger partial charge on any atom is 0.0506 e. The molecule has 0 aliphatic carbocycles. The lowest BCUT2D eigenvalue weighted by molar-refractivity contribution is 0.167. The van der Waals surface area contributed by atoms with Crippen LogP contribution in [-0.4, -0.2) is 50.2 Å². The van der Waals surface area contributed by atoms with Crippen LogP contribution in [0.3, 0.4) is 0 Å². The third-order valence-electron chi connectivity index (χ3n) is 2.06. The van der Waals surface area contributed by atoms with E-state index >= 15 is 0 Å². The number of hydrogen-bond donors (Lipinski definition) is 0. The molecule has 0 aromatic rings. The minimum atomic E-state index is 0.577. The fourth-order valence-electron chi connectivity index (χ4n) is 1.07. The van der Waals surface area contributed by atoms with Crippen LogP contribution in [0.5, 0.6) is 0 Å². The van der Waals surface area contributed by atoms with Crippen molar-refractivity contribution in [2.24, 2.45) is 0 Å². The van der Waals surface area contributed by atoms with E-state index in [1.165, 1.54) is 28.9 Å². The van der Waals surface area contributed by atoms with Gasteiger partial charge in [0.1, 0.15) is 0 Å². The highest BCUT2D eigenvalue weighted by atomic mass is 32.1. The van der Waals surface area contributed by atoms with Crippen molar-refractivity contribution in [3.63, 3.8) is 0 Å². The zero-order valence-corrected chi connectivity index (χ0v) is 11.7. The molecule has 2 aliphatic heterocycles. The Morgan fingerprint density at radius 2 is 1.31 bits per heavy atom. The summed E-state index contributed by atoms with van der Waals surface area (Å²) in [7, 11) is 3.69. The Bertz CT molecular complexity index is 131. The molecule has 0 spiro atoms. The molecule has 5 heteroatoms. The lowest BCUT2D eigenvalue weighted by Crippen LogP contribution is -1.98. The maximum absolute atomic E-state index is 5.62. The Kier molecular flexibility index (Phi) is 5.42. The summed E-state index contributed by atoms with van der Waals surface area (Å²) in [6, 6.07) is 0. The van der Waals surface area contributed by atoms with Crippen LogP contribution in [0, 0.1) is 0 Å². The van der Waals surface area contributed by atoms with Gasteiger partial charge in [0, 0.05) is 0 Å². The van der Waals surface area contributed by atoms with Crippen molar-refractivity contribution in [1.82, 2.24) is 0 Å². The summed E-state index contributed by atoms with van der Waals surface area (Å²) in [5.41, 5.74) is 0. The van der Waals surface area contributed by atoms with E-state index in [2.05, 4.69) is 0 Å². The molecular weight excluding hydrogens is 236 g/mol. The SMILES string of the molecule is C(CPP1CC1)OCCPP1CC1. The molecule has 0 amide bonds. The molecule has 2 saturated heterocycles. The Morgan fingerprint density at radius 1 is 0.846 bits per heavy atom. The predicted molar refractivity (Wildman–Crippen MR) is 70.5 cm³/mol. The van der Waals surface area contributed by atoms with Gasteiger partial charge in [-0.05, 0) is 37.0 Å². The van der Waals surface area contributed by atoms with Crippen LogP contribution in [0.15, 0.2) is 0 Å². The maximum atomic E-state index is 5.62. The van der Waals surface area contributed by atoms with Gasteiger partial charge in [0.25, 0.3) is 0 Å². The number of ether oxygens (including phenoxy) is 1. The molecule has 2 heterocycles. The Labute approximate surface area is 87.0 Å². The summed E-state index contributed by atoms with van der Waals surface area (Å²) in [6.45, 7) is 2.11. The summed E-state index contributed by atoms with van der Waals surface area (Å²) in [6.07, 6.45) is 9.00. The number of hydrogen-bond acceptors (Lipinski definition) is 1. The first-order chi connectivity index (χ1) is 6.45. The highest BCUT2D eigenvalue weighted by Crippen LogP contribution is 2.67. The van der Waals surface area contributed by atoms with Gasteiger partial charge in [0.15, 0.2) is 0 Å². The van der Waals surface area contributed by atoms with Crippen LogP contribution in [0.25, 0.3) is 0 Å². The van der Waals surface area contributed by atoms with E-state index < -0.39 is 0 Å². The third kappa shape index (κ3) is 5.97. The summed E-state index contributed by atoms with van der Waals surface area (Å²) in [5, 5.41) is 0. The van der Waals surface area contributed by atoms with Crippen molar-refractivity contribution < 1.29 is 4.74 Å². The average molecular weight is 254 g/mol. The van der Waals surface area contributed by atoms with E-state index in [1.54, 1.807) is 24.6 Å². The zero-order valence-electron chi connectivity index (χ0n) is 7.96. The van der Waals surface area contributed by atoms with E-state index in [0.29, 0.717) is 15.2 Å². The Morgan fingerprint density at radius 3 is 1.69 bits per heavy atom. The summed E-state index contributed by atoms with van der Waals surface area (Å²) < 4.78 is 5.62. The third-order valence-corrected chi connectivity index (χ3v) is 12.3. The van der Waals surface area contributed by atoms with Crippen LogP contribution in [0.2, 0.25) is 0 Å². The fourth-order valence-corrected chi connectivity index (χ4v) is 9.75. The van der Waals surface area contributed by atoms with Crippen molar-refractivity contribution in [1.29, 1.82) is 0 Å².